The van der Waals surface area contributed by atoms with Crippen LogP contribution in [0.25, 0.3) is 0 Å². The third-order valence-electron chi connectivity index (χ3n) is 5.75. The quantitative estimate of drug-likeness (QED) is 0.464. The molecular formula is C26H34N2O6. The first kappa shape index (κ1) is 25.4. The molecule has 8 heteroatoms. The van der Waals surface area contributed by atoms with Gasteiger partial charge in [0.2, 0.25) is 5.78 Å². The Labute approximate surface area is 200 Å². The largest absolute Gasteiger partial charge is 0.503 e. The maximum Gasteiger partial charge on any atom is 0.290 e. The predicted molar refractivity (Wildman–Crippen MR) is 128 cm³/mol. The van der Waals surface area contributed by atoms with Crippen molar-refractivity contribution in [1.82, 2.24) is 9.80 Å². The molecular weight excluding hydrogens is 436 g/mol. The van der Waals surface area contributed by atoms with Crippen molar-refractivity contribution in [3.63, 3.8) is 0 Å². The number of rotatable bonds is 12. The van der Waals surface area contributed by atoms with Crippen LogP contribution in [0.3, 0.4) is 0 Å². The topological polar surface area (TPSA) is 92.5 Å². The first-order chi connectivity index (χ1) is 16.2. The molecule has 0 radical (unpaired) electrons. The molecule has 1 aromatic carbocycles. The third-order valence-corrected chi connectivity index (χ3v) is 5.75. The minimum atomic E-state index is -0.772. The van der Waals surface area contributed by atoms with E-state index in [-0.39, 0.29) is 11.3 Å². The fourth-order valence-electron chi connectivity index (χ4n) is 3.94. The molecule has 0 fully saturated rings. The summed E-state index contributed by atoms with van der Waals surface area (Å²) in [6.45, 7) is 5.93. The van der Waals surface area contributed by atoms with Crippen molar-refractivity contribution in [3.05, 3.63) is 59.3 Å². The van der Waals surface area contributed by atoms with Crippen LogP contribution in [0.4, 0.5) is 0 Å². The van der Waals surface area contributed by atoms with Crippen molar-refractivity contribution in [2.24, 2.45) is 5.92 Å². The number of aliphatic hydroxyl groups is 1. The molecule has 8 nitrogen and oxygen atoms in total. The number of benzene rings is 1. The molecule has 184 valence electrons. The van der Waals surface area contributed by atoms with Gasteiger partial charge in [0.15, 0.2) is 23.0 Å². The minimum Gasteiger partial charge on any atom is -0.503 e. The first-order valence-corrected chi connectivity index (χ1v) is 11.5. The summed E-state index contributed by atoms with van der Waals surface area (Å²) >= 11 is 0. The fraction of sp³-hybridized carbons (Fsp3) is 0.462. The van der Waals surface area contributed by atoms with Gasteiger partial charge < -0.3 is 28.8 Å². The van der Waals surface area contributed by atoms with Crippen molar-refractivity contribution in [1.29, 1.82) is 0 Å². The lowest BCUT2D eigenvalue weighted by Crippen LogP contribution is -2.33. The summed E-state index contributed by atoms with van der Waals surface area (Å²) in [5.41, 5.74) is 0.644. The van der Waals surface area contributed by atoms with Crippen molar-refractivity contribution in [2.75, 3.05) is 40.9 Å². The number of ketones is 1. The Morgan fingerprint density at radius 2 is 2.00 bits per heavy atom. The monoisotopic (exact) mass is 470 g/mol. The normalized spacial score (nSPS) is 16.1. The first-order valence-electron chi connectivity index (χ1n) is 11.5. The van der Waals surface area contributed by atoms with Gasteiger partial charge in [0.25, 0.3) is 5.91 Å². The molecule has 1 atom stereocenters. The van der Waals surface area contributed by atoms with Gasteiger partial charge in [0, 0.05) is 6.54 Å². The lowest BCUT2D eigenvalue weighted by atomic mass is 9.94. The van der Waals surface area contributed by atoms with Gasteiger partial charge in [-0.3, -0.25) is 9.59 Å². The highest BCUT2D eigenvalue weighted by molar-refractivity contribution is 6.15. The Kier molecular flexibility index (Phi) is 8.39. The van der Waals surface area contributed by atoms with Crippen molar-refractivity contribution >= 4 is 11.7 Å². The lowest BCUT2D eigenvalue weighted by Gasteiger charge is -2.27. The zero-order valence-corrected chi connectivity index (χ0v) is 20.5. The van der Waals surface area contributed by atoms with E-state index in [0.29, 0.717) is 42.6 Å². The number of Topliss-reactive ketones (excluding diaryl/α,β-unsaturated/α-hetero) is 1. The van der Waals surface area contributed by atoms with Crippen molar-refractivity contribution < 1.29 is 28.6 Å². The third kappa shape index (κ3) is 5.62. The standard InChI is InChI=1S/C26H34N2O6/c1-17(2)11-15-34-19-10-9-18(16-21(19)32-5)23-22(24(29)20-8-6-14-33-20)25(30)26(31)28(23)13-7-12-27(3)4/h6,8-10,14,16-17,23,30H,7,11-13,15H2,1-5H3/t23-/m0/s1. The number of hydrogen-bond donors (Lipinski definition) is 1. The number of carbonyl (C=O) groups is 2. The number of amides is 1. The van der Waals surface area contributed by atoms with E-state index < -0.39 is 23.5 Å². The summed E-state index contributed by atoms with van der Waals surface area (Å²) in [6, 6.07) is 7.68. The van der Waals surface area contributed by atoms with Gasteiger partial charge in [-0.1, -0.05) is 19.9 Å². The average molecular weight is 471 g/mol. The van der Waals surface area contributed by atoms with Gasteiger partial charge in [-0.2, -0.15) is 0 Å². The number of ether oxygens (including phenoxy) is 2. The van der Waals surface area contributed by atoms with E-state index in [4.69, 9.17) is 13.9 Å². The summed E-state index contributed by atoms with van der Waals surface area (Å²) < 4.78 is 16.7. The molecule has 0 bridgehead atoms. The molecule has 1 aliphatic rings. The van der Waals surface area contributed by atoms with Crippen LogP contribution in [0.2, 0.25) is 0 Å². The number of carbonyl (C=O) groups excluding carboxylic acids is 2. The minimum absolute atomic E-state index is 0.000308. The van der Waals surface area contributed by atoms with E-state index in [1.165, 1.54) is 17.2 Å². The van der Waals surface area contributed by atoms with Crippen LogP contribution in [0.5, 0.6) is 11.5 Å². The van der Waals surface area contributed by atoms with Crippen LogP contribution < -0.4 is 9.47 Å². The zero-order chi connectivity index (χ0) is 24.8. The Balaban J connectivity index is 1.98. The maximum absolute atomic E-state index is 13.2. The van der Waals surface area contributed by atoms with E-state index in [1.807, 2.05) is 19.0 Å². The molecule has 3 rings (SSSR count). The predicted octanol–water partition coefficient (Wildman–Crippen LogP) is 4.24. The molecule has 1 aliphatic heterocycles. The summed E-state index contributed by atoms with van der Waals surface area (Å²) in [7, 11) is 5.45. The Morgan fingerprint density at radius 1 is 1.24 bits per heavy atom. The molecule has 34 heavy (non-hydrogen) atoms. The summed E-state index contributed by atoms with van der Waals surface area (Å²) in [5, 5.41) is 10.7. The zero-order valence-electron chi connectivity index (χ0n) is 20.5. The molecule has 0 aliphatic carbocycles. The van der Waals surface area contributed by atoms with Crippen molar-refractivity contribution in [3.8, 4) is 11.5 Å². The lowest BCUT2D eigenvalue weighted by molar-refractivity contribution is -0.129. The highest BCUT2D eigenvalue weighted by atomic mass is 16.5. The molecule has 0 unspecified atom stereocenters. The van der Waals surface area contributed by atoms with E-state index in [9.17, 15) is 14.7 Å². The Hall–Kier alpha value is -3.26. The summed E-state index contributed by atoms with van der Waals surface area (Å²) in [6.07, 6.45) is 2.97. The number of nitrogens with zero attached hydrogens (tertiary/aromatic N) is 2. The van der Waals surface area contributed by atoms with Gasteiger partial charge in [-0.25, -0.2) is 0 Å². The molecule has 2 aromatic rings. The SMILES string of the molecule is COc1cc([C@H]2C(C(=O)c3ccco3)=C(O)C(=O)N2CCCN(C)C)ccc1OCCC(C)C. The number of aliphatic hydroxyl groups excluding tert-OH is 1. The number of furan rings is 1. The smallest absolute Gasteiger partial charge is 0.290 e. The van der Waals surface area contributed by atoms with Crippen LogP contribution in [-0.4, -0.2) is 67.5 Å². The maximum atomic E-state index is 13.2. The number of hydrogen-bond acceptors (Lipinski definition) is 7. The van der Waals surface area contributed by atoms with Crippen LogP contribution >= 0.6 is 0 Å². The average Bonchev–Trinajstić information content (AvgIpc) is 3.41. The van der Waals surface area contributed by atoms with Crippen LogP contribution in [0.15, 0.2) is 52.3 Å². The molecule has 0 spiro atoms. The van der Waals surface area contributed by atoms with E-state index in [2.05, 4.69) is 13.8 Å². The Morgan fingerprint density at radius 3 is 2.62 bits per heavy atom. The second-order valence-electron chi connectivity index (χ2n) is 9.07. The molecule has 2 heterocycles. The fourth-order valence-corrected chi connectivity index (χ4v) is 3.94. The summed E-state index contributed by atoms with van der Waals surface area (Å²) in [4.78, 5) is 29.8. The second kappa shape index (κ2) is 11.2. The second-order valence-corrected chi connectivity index (χ2v) is 9.07. The van der Waals surface area contributed by atoms with Gasteiger partial charge >= 0.3 is 0 Å². The van der Waals surface area contributed by atoms with Crippen LogP contribution in [0.1, 0.15) is 48.8 Å². The van der Waals surface area contributed by atoms with Crippen molar-refractivity contribution in [2.45, 2.75) is 32.7 Å². The summed E-state index contributed by atoms with van der Waals surface area (Å²) in [5.74, 6) is 0.0130. The van der Waals surface area contributed by atoms with Gasteiger partial charge in [0.1, 0.15) is 0 Å². The molecule has 1 amide bonds. The van der Waals surface area contributed by atoms with Gasteiger partial charge in [-0.15, -0.1) is 0 Å². The van der Waals surface area contributed by atoms with E-state index in [0.717, 1.165) is 13.0 Å². The van der Waals surface area contributed by atoms with Gasteiger partial charge in [-0.05, 0) is 69.2 Å². The molecule has 1 N–H and O–H groups in total. The molecule has 1 aromatic heterocycles. The van der Waals surface area contributed by atoms with E-state index >= 15 is 0 Å². The van der Waals surface area contributed by atoms with E-state index in [1.54, 1.807) is 31.4 Å². The highest BCUT2D eigenvalue weighted by Gasteiger charge is 2.44. The van der Waals surface area contributed by atoms with Crippen LogP contribution in [0, 0.1) is 5.92 Å². The molecule has 0 saturated carbocycles. The van der Waals surface area contributed by atoms with Gasteiger partial charge in [0.05, 0.1) is 31.6 Å². The highest BCUT2D eigenvalue weighted by Crippen LogP contribution is 2.41. The molecule has 0 saturated heterocycles. The number of methoxy groups -OCH3 is 1. The van der Waals surface area contributed by atoms with Crippen LogP contribution in [-0.2, 0) is 4.79 Å². The Bertz CT molecular complexity index is 1030.